The van der Waals surface area contributed by atoms with Crippen LogP contribution in [0.2, 0.25) is 0 Å². The molecule has 2 atom stereocenters. The van der Waals surface area contributed by atoms with E-state index in [1.165, 1.54) is 17.4 Å². The number of rotatable bonds is 7. The normalized spacial score (nSPS) is 21.0. The maximum atomic E-state index is 13.3. The van der Waals surface area contributed by atoms with Crippen molar-refractivity contribution in [3.8, 4) is 6.07 Å². The molecule has 4 amide bonds. The van der Waals surface area contributed by atoms with Crippen molar-refractivity contribution in [1.29, 1.82) is 5.26 Å². The molecule has 4 fully saturated rings. The Labute approximate surface area is 349 Å². The van der Waals surface area contributed by atoms with E-state index in [2.05, 4.69) is 22.5 Å². The first-order valence-electron chi connectivity index (χ1n) is 20.4. The van der Waals surface area contributed by atoms with Crippen LogP contribution in [0.3, 0.4) is 0 Å². The van der Waals surface area contributed by atoms with E-state index < -0.39 is 22.8 Å². The molecular formula is C43H63F3N6O5S. The molecule has 0 aromatic heterocycles. The van der Waals surface area contributed by atoms with Crippen molar-refractivity contribution in [2.45, 2.75) is 142 Å². The summed E-state index contributed by atoms with van der Waals surface area (Å²) in [7, 11) is 0. The van der Waals surface area contributed by atoms with Crippen LogP contribution in [-0.4, -0.2) is 81.0 Å². The minimum Gasteiger partial charge on any atom is -0.396 e. The van der Waals surface area contributed by atoms with E-state index in [0.717, 1.165) is 81.3 Å². The molecule has 0 radical (unpaired) electrons. The number of amides is 4. The number of aliphatic hydroxyl groups is 1. The molecule has 1 saturated carbocycles. The fourth-order valence-electron chi connectivity index (χ4n) is 7.58. The summed E-state index contributed by atoms with van der Waals surface area (Å²) in [5, 5.41) is 22.4. The molecule has 15 heteroatoms. The summed E-state index contributed by atoms with van der Waals surface area (Å²) in [5.41, 5.74) is -0.828. The van der Waals surface area contributed by atoms with Gasteiger partial charge in [-0.25, -0.2) is 0 Å². The Hall–Kier alpha value is -4.39. The number of aliphatic hydroxyl groups excluding tert-OH is 1. The van der Waals surface area contributed by atoms with Gasteiger partial charge in [-0.2, -0.15) is 18.4 Å². The summed E-state index contributed by atoms with van der Waals surface area (Å²) in [6.07, 6.45) is 5.66. The Morgan fingerprint density at radius 3 is 2.19 bits per heavy atom. The molecule has 11 nitrogen and oxygen atoms in total. The molecule has 58 heavy (non-hydrogen) atoms. The van der Waals surface area contributed by atoms with Gasteiger partial charge in [0.15, 0.2) is 5.11 Å². The number of halogens is 3. The molecule has 6 rings (SSSR count). The molecule has 2 aromatic carbocycles. The standard InChI is InChI=1S/C19H20F3N3OS.C19H25N3O3.C3H8O.C2H6.2H2/c1-18(2)16(26)24(17(27)25(18)13-6-4-3-5-7-13)14-9-8-12(11-23)15(10-14)19(20,21)22;1-13-4-2-3-11-22(13)12-18(24)20-15-7-5-14(6-8-15)16-9-10-17(23)21-19(16)25;1-2-3-4;1-2;;/h8-10,13H,3-7H2,1-2H3;5-8,13,16H,2-4,9-12H2,1H3,(H,20,24)(H,21,23,25);4H,2-3H2,1H3;1-2H3;2*1H/t;13-,16?;;;;/m.1..../s1. The average molecular weight is 833 g/mol. The van der Waals surface area contributed by atoms with Gasteiger partial charge in [0.05, 0.1) is 35.3 Å². The average Bonchev–Trinajstić information content (AvgIpc) is 3.38. The molecule has 1 aliphatic carbocycles. The Kier molecular flexibility index (Phi) is 18.3. The van der Waals surface area contributed by atoms with Gasteiger partial charge in [0.1, 0.15) is 5.54 Å². The van der Waals surface area contributed by atoms with Gasteiger partial charge < -0.3 is 15.3 Å². The van der Waals surface area contributed by atoms with Gasteiger partial charge in [-0.3, -0.25) is 34.3 Å². The van der Waals surface area contributed by atoms with Crippen molar-refractivity contribution in [3.05, 3.63) is 59.2 Å². The number of nitriles is 1. The molecule has 3 aliphatic heterocycles. The second-order valence-electron chi connectivity index (χ2n) is 15.2. The number of alkyl halides is 3. The first-order chi connectivity index (χ1) is 27.5. The molecule has 322 valence electrons. The smallest absolute Gasteiger partial charge is 0.396 e. The molecule has 0 spiro atoms. The number of imide groups is 1. The molecule has 3 N–H and O–H groups in total. The molecule has 0 bridgehead atoms. The number of thiocarbonyl (C=S) groups is 1. The largest absolute Gasteiger partial charge is 0.417 e. The van der Waals surface area contributed by atoms with E-state index in [0.29, 0.717) is 32.0 Å². The van der Waals surface area contributed by atoms with Crippen molar-refractivity contribution in [1.82, 2.24) is 15.1 Å². The Bertz CT molecular complexity index is 1790. The molecule has 2 aromatic rings. The zero-order valence-corrected chi connectivity index (χ0v) is 35.4. The van der Waals surface area contributed by atoms with Crippen LogP contribution in [0.4, 0.5) is 24.5 Å². The van der Waals surface area contributed by atoms with Crippen LogP contribution in [0.1, 0.15) is 138 Å². The molecule has 3 saturated heterocycles. The summed E-state index contributed by atoms with van der Waals surface area (Å²) >= 11 is 5.53. The van der Waals surface area contributed by atoms with Crippen molar-refractivity contribution < 1.29 is 40.3 Å². The number of carbonyl (C=O) groups excluding carboxylic acids is 4. The minimum atomic E-state index is -4.69. The van der Waals surface area contributed by atoms with Gasteiger partial charge >= 0.3 is 6.18 Å². The lowest BCUT2D eigenvalue weighted by Gasteiger charge is -2.39. The van der Waals surface area contributed by atoms with Crippen LogP contribution in [0.25, 0.3) is 0 Å². The highest BCUT2D eigenvalue weighted by molar-refractivity contribution is 7.80. The first-order valence-corrected chi connectivity index (χ1v) is 20.8. The number of piperidine rings is 2. The minimum absolute atomic E-state index is 0. The monoisotopic (exact) mass is 832 g/mol. The number of nitrogens with zero attached hydrogens (tertiary/aromatic N) is 4. The van der Waals surface area contributed by atoms with E-state index >= 15 is 0 Å². The molecule has 3 heterocycles. The number of carbonyl (C=O) groups is 4. The summed E-state index contributed by atoms with van der Waals surface area (Å²) in [4.78, 5) is 53.7. The van der Waals surface area contributed by atoms with Gasteiger partial charge in [0, 0.05) is 33.7 Å². The summed E-state index contributed by atoms with van der Waals surface area (Å²) in [5.74, 6) is -1.11. The maximum Gasteiger partial charge on any atom is 0.417 e. The third-order valence-corrected chi connectivity index (χ3v) is 11.1. The number of anilines is 2. The van der Waals surface area contributed by atoms with Crippen LogP contribution in [0.5, 0.6) is 0 Å². The fourth-order valence-corrected chi connectivity index (χ4v) is 8.15. The SMILES string of the molecule is CC.CC1(C)C(=O)N(c2ccc(C#N)c(C(F)(F)F)c2)C(=S)N1C1CCCCC1.CCCO.C[C@@H]1CCCCN1CC(=O)Nc1ccc(C2CCC(=O)NC2=O)cc1.[HH].[HH]. The van der Waals surface area contributed by atoms with Crippen LogP contribution < -0.4 is 15.5 Å². The van der Waals surface area contributed by atoms with E-state index in [9.17, 15) is 32.3 Å². The number of hydrogen-bond acceptors (Lipinski definition) is 8. The van der Waals surface area contributed by atoms with E-state index in [-0.39, 0.29) is 49.2 Å². The lowest BCUT2D eigenvalue weighted by molar-refractivity contribution is -0.138. The second kappa shape index (κ2) is 22.1. The molecule has 1 unspecified atom stereocenters. The highest BCUT2D eigenvalue weighted by atomic mass is 32.1. The van der Waals surface area contributed by atoms with E-state index in [4.69, 9.17) is 22.6 Å². The van der Waals surface area contributed by atoms with E-state index in [1.807, 2.05) is 49.9 Å². The maximum absolute atomic E-state index is 13.3. The van der Waals surface area contributed by atoms with Crippen LogP contribution >= 0.6 is 12.2 Å². The van der Waals surface area contributed by atoms with Crippen molar-refractivity contribution in [2.75, 3.05) is 29.9 Å². The first kappa shape index (κ1) is 48.0. The number of benzene rings is 2. The van der Waals surface area contributed by atoms with Gasteiger partial charge in [0.2, 0.25) is 17.7 Å². The second-order valence-corrected chi connectivity index (χ2v) is 15.6. The Morgan fingerprint density at radius 2 is 1.64 bits per heavy atom. The topological polar surface area (TPSA) is 146 Å². The lowest BCUT2D eigenvalue weighted by atomic mass is 9.90. The Morgan fingerprint density at radius 1 is 1.02 bits per heavy atom. The van der Waals surface area contributed by atoms with Gasteiger partial charge in [-0.1, -0.05) is 58.6 Å². The fraction of sp³-hybridized carbons (Fsp3) is 0.581. The number of likely N-dealkylation sites (tertiary alicyclic amines) is 1. The van der Waals surface area contributed by atoms with Gasteiger partial charge in [0.25, 0.3) is 5.91 Å². The summed E-state index contributed by atoms with van der Waals surface area (Å²) in [6.45, 7) is 13.3. The zero-order valence-electron chi connectivity index (χ0n) is 34.6. The van der Waals surface area contributed by atoms with E-state index in [1.54, 1.807) is 19.9 Å². The number of nitrogens with one attached hydrogen (secondary N) is 2. The Balaban J connectivity index is 0.000000516. The lowest BCUT2D eigenvalue weighted by Crippen LogP contribution is -2.50. The van der Waals surface area contributed by atoms with Crippen molar-refractivity contribution in [3.63, 3.8) is 0 Å². The highest BCUT2D eigenvalue weighted by Gasteiger charge is 2.52. The zero-order chi connectivity index (χ0) is 43.2. The summed E-state index contributed by atoms with van der Waals surface area (Å²) in [6, 6.07) is 12.7. The highest BCUT2D eigenvalue weighted by Crippen LogP contribution is 2.40. The third-order valence-electron chi connectivity index (χ3n) is 10.7. The van der Waals surface area contributed by atoms with Crippen LogP contribution in [0, 0.1) is 11.3 Å². The van der Waals surface area contributed by atoms with Crippen molar-refractivity contribution in [2.24, 2.45) is 0 Å². The quantitative estimate of drug-likeness (QED) is 0.185. The van der Waals surface area contributed by atoms with Gasteiger partial charge in [-0.15, -0.1) is 0 Å². The van der Waals surface area contributed by atoms with Crippen molar-refractivity contribution >= 4 is 52.3 Å². The van der Waals surface area contributed by atoms with Crippen LogP contribution in [0.15, 0.2) is 42.5 Å². The predicted molar refractivity (Wildman–Crippen MR) is 227 cm³/mol. The molecule has 4 aliphatic rings. The van der Waals surface area contributed by atoms with Crippen LogP contribution in [-0.2, 0) is 25.4 Å². The predicted octanol–water partition coefficient (Wildman–Crippen LogP) is 8.55. The molecular weight excluding hydrogens is 770 g/mol. The number of hydrogen-bond donors (Lipinski definition) is 3. The van der Waals surface area contributed by atoms with Gasteiger partial charge in [-0.05, 0) is 114 Å². The third kappa shape index (κ3) is 12.3. The summed E-state index contributed by atoms with van der Waals surface area (Å²) < 4.78 is 40.0.